The molecule has 9 nitrogen and oxygen atoms in total. The number of aromatic nitrogens is 2. The highest BCUT2D eigenvalue weighted by Gasteiger charge is 2.38. The molecule has 1 saturated heterocycles. The SMILES string of the molecule is C/C=C(C#N)\C=C/c1cn(CCC)nc1CN1CCC(CN(C)c2ccc(C(=O)O)cc2)(OC=O)CC1. The molecule has 0 aliphatic carbocycles. The number of carbonyl (C=O) groups excluding carboxylic acids is 1. The van der Waals surface area contributed by atoms with Gasteiger partial charge in [-0.25, -0.2) is 4.79 Å². The standard InChI is InChI=1S/C28H35N5O4/c1-4-14-33-18-24(7-6-22(5-2)17-29)26(30-33)19-32-15-12-28(13-16-32,37-21-34)20-31(3)25-10-8-23(9-11-25)27(35)36/h5-11,18,21H,4,12-16,19-20H2,1-3H3,(H,35,36)/b7-6-,22-5+. The Labute approximate surface area is 218 Å². The van der Waals surface area contributed by atoms with Gasteiger partial charge in [0.1, 0.15) is 5.60 Å². The first-order valence-corrected chi connectivity index (χ1v) is 12.5. The third-order valence-electron chi connectivity index (χ3n) is 6.72. The maximum absolute atomic E-state index is 11.4. The topological polar surface area (TPSA) is 112 Å². The van der Waals surface area contributed by atoms with Crippen molar-refractivity contribution in [2.75, 3.05) is 31.6 Å². The van der Waals surface area contributed by atoms with Crippen LogP contribution in [-0.2, 0) is 22.6 Å². The van der Waals surface area contributed by atoms with Crippen molar-refractivity contribution in [1.29, 1.82) is 5.26 Å². The van der Waals surface area contributed by atoms with E-state index >= 15 is 0 Å². The van der Waals surface area contributed by atoms with E-state index in [0.29, 0.717) is 38.0 Å². The van der Waals surface area contributed by atoms with Crippen LogP contribution < -0.4 is 4.90 Å². The maximum atomic E-state index is 11.4. The Morgan fingerprint density at radius 3 is 2.57 bits per heavy atom. The van der Waals surface area contributed by atoms with Gasteiger partial charge in [0.25, 0.3) is 6.47 Å². The van der Waals surface area contributed by atoms with Gasteiger partial charge in [-0.15, -0.1) is 0 Å². The van der Waals surface area contributed by atoms with Crippen LogP contribution in [0, 0.1) is 11.3 Å². The number of carboxylic acids is 1. The highest BCUT2D eigenvalue weighted by atomic mass is 16.5. The molecule has 1 aliphatic heterocycles. The summed E-state index contributed by atoms with van der Waals surface area (Å²) in [6.07, 6.45) is 9.87. The average molecular weight is 506 g/mol. The van der Waals surface area contributed by atoms with E-state index in [1.165, 1.54) is 0 Å². The largest absolute Gasteiger partial charge is 0.478 e. The summed E-state index contributed by atoms with van der Waals surface area (Å²) >= 11 is 0. The van der Waals surface area contributed by atoms with Crippen molar-refractivity contribution in [3.63, 3.8) is 0 Å². The molecule has 9 heteroatoms. The third kappa shape index (κ3) is 7.30. The van der Waals surface area contributed by atoms with Crippen LogP contribution in [-0.4, -0.2) is 64.5 Å². The second-order valence-electron chi connectivity index (χ2n) is 9.36. The van der Waals surface area contributed by atoms with Gasteiger partial charge in [0.05, 0.1) is 23.9 Å². The predicted octanol–water partition coefficient (Wildman–Crippen LogP) is 4.12. The fraction of sp³-hybridized carbons (Fsp3) is 0.429. The molecule has 0 atom stereocenters. The van der Waals surface area contributed by atoms with E-state index in [1.807, 2.05) is 41.9 Å². The van der Waals surface area contributed by atoms with E-state index in [0.717, 1.165) is 43.0 Å². The van der Waals surface area contributed by atoms with Gasteiger partial charge in [0, 0.05) is 69.1 Å². The Balaban J connectivity index is 1.69. The molecule has 1 fully saturated rings. The smallest absolute Gasteiger partial charge is 0.335 e. The van der Waals surface area contributed by atoms with Crippen LogP contribution in [0.5, 0.6) is 0 Å². The van der Waals surface area contributed by atoms with E-state index in [9.17, 15) is 14.9 Å². The molecule has 3 rings (SSSR count). The molecule has 0 bridgehead atoms. The summed E-state index contributed by atoms with van der Waals surface area (Å²) in [6.45, 7) is 7.95. The van der Waals surface area contributed by atoms with Crippen LogP contribution in [0.15, 0.2) is 48.2 Å². The molecule has 0 spiro atoms. The van der Waals surface area contributed by atoms with Crippen LogP contribution in [0.1, 0.15) is 54.7 Å². The minimum atomic E-state index is -0.965. The number of nitriles is 1. The molecule has 0 unspecified atom stereocenters. The second-order valence-corrected chi connectivity index (χ2v) is 9.36. The van der Waals surface area contributed by atoms with Crippen molar-refractivity contribution in [1.82, 2.24) is 14.7 Å². The number of ether oxygens (including phenoxy) is 1. The minimum Gasteiger partial charge on any atom is -0.478 e. The van der Waals surface area contributed by atoms with Gasteiger partial charge in [0.2, 0.25) is 0 Å². The lowest BCUT2D eigenvalue weighted by Gasteiger charge is -2.42. The lowest BCUT2D eigenvalue weighted by Crippen LogP contribution is -2.51. The summed E-state index contributed by atoms with van der Waals surface area (Å²) in [5, 5.41) is 23.1. The van der Waals surface area contributed by atoms with Crippen molar-refractivity contribution < 1.29 is 19.4 Å². The normalized spacial score (nSPS) is 15.9. The van der Waals surface area contributed by atoms with E-state index in [-0.39, 0.29) is 5.56 Å². The minimum absolute atomic E-state index is 0.231. The number of anilines is 1. The van der Waals surface area contributed by atoms with Crippen molar-refractivity contribution in [3.8, 4) is 6.07 Å². The average Bonchev–Trinajstić information content (AvgIpc) is 3.27. The van der Waals surface area contributed by atoms with E-state index in [2.05, 4.69) is 17.9 Å². The van der Waals surface area contributed by atoms with Crippen molar-refractivity contribution >= 4 is 24.2 Å². The zero-order chi connectivity index (χ0) is 26.8. The number of rotatable bonds is 12. The Bertz CT molecular complexity index is 1170. The number of aromatic carboxylic acids is 1. The third-order valence-corrected chi connectivity index (χ3v) is 6.72. The second kappa shape index (κ2) is 12.9. The number of carboxylic acid groups (broad SMARTS) is 1. The Kier molecular flexibility index (Phi) is 9.64. The Hall–Kier alpha value is -3.90. The molecular formula is C28H35N5O4. The summed E-state index contributed by atoms with van der Waals surface area (Å²) in [6, 6.07) is 8.85. The van der Waals surface area contributed by atoms with Crippen molar-refractivity contribution in [3.05, 3.63) is 65.0 Å². The van der Waals surface area contributed by atoms with Gasteiger partial charge in [0.15, 0.2) is 0 Å². The zero-order valence-electron chi connectivity index (χ0n) is 21.8. The first-order chi connectivity index (χ1) is 17.8. The van der Waals surface area contributed by atoms with Gasteiger partial charge in [-0.3, -0.25) is 14.4 Å². The fourth-order valence-electron chi connectivity index (χ4n) is 4.59. The molecule has 2 heterocycles. The van der Waals surface area contributed by atoms with Gasteiger partial charge < -0.3 is 14.7 Å². The lowest BCUT2D eigenvalue weighted by molar-refractivity contribution is -0.147. The van der Waals surface area contributed by atoms with Crippen molar-refractivity contribution in [2.24, 2.45) is 0 Å². The lowest BCUT2D eigenvalue weighted by atomic mass is 9.90. The van der Waals surface area contributed by atoms with Crippen LogP contribution in [0.4, 0.5) is 5.69 Å². The number of nitrogens with zero attached hydrogens (tertiary/aromatic N) is 5. The number of carbonyl (C=O) groups is 2. The van der Waals surface area contributed by atoms with Crippen LogP contribution in [0.3, 0.4) is 0 Å². The number of allylic oxidation sites excluding steroid dienone is 3. The van der Waals surface area contributed by atoms with Gasteiger partial charge in [-0.1, -0.05) is 19.1 Å². The Morgan fingerprint density at radius 2 is 2.00 bits per heavy atom. The molecule has 2 aromatic rings. The van der Waals surface area contributed by atoms with Gasteiger partial charge >= 0.3 is 5.97 Å². The van der Waals surface area contributed by atoms with E-state index in [4.69, 9.17) is 14.9 Å². The van der Waals surface area contributed by atoms with Crippen LogP contribution >= 0.6 is 0 Å². The first-order valence-electron chi connectivity index (χ1n) is 12.5. The molecule has 196 valence electrons. The molecule has 1 aromatic carbocycles. The van der Waals surface area contributed by atoms with E-state index in [1.54, 1.807) is 30.3 Å². The molecule has 1 N–H and O–H groups in total. The molecule has 1 aliphatic rings. The zero-order valence-corrected chi connectivity index (χ0v) is 21.8. The number of hydrogen-bond donors (Lipinski definition) is 1. The summed E-state index contributed by atoms with van der Waals surface area (Å²) in [4.78, 5) is 26.9. The molecule has 1 aromatic heterocycles. The molecule has 0 amide bonds. The highest BCUT2D eigenvalue weighted by Crippen LogP contribution is 2.30. The quantitative estimate of drug-likeness (QED) is 0.261. The number of piperidine rings is 1. The monoisotopic (exact) mass is 505 g/mol. The predicted molar refractivity (Wildman–Crippen MR) is 142 cm³/mol. The summed E-state index contributed by atoms with van der Waals surface area (Å²) in [5.74, 6) is -0.965. The number of benzene rings is 1. The van der Waals surface area contributed by atoms with E-state index < -0.39 is 11.6 Å². The molecule has 37 heavy (non-hydrogen) atoms. The van der Waals surface area contributed by atoms with Crippen LogP contribution in [0.2, 0.25) is 0 Å². The fourth-order valence-corrected chi connectivity index (χ4v) is 4.59. The van der Waals surface area contributed by atoms with Crippen LogP contribution in [0.25, 0.3) is 6.08 Å². The number of aryl methyl sites for hydroxylation is 1. The Morgan fingerprint density at radius 1 is 1.30 bits per heavy atom. The highest BCUT2D eigenvalue weighted by molar-refractivity contribution is 5.88. The summed E-state index contributed by atoms with van der Waals surface area (Å²) < 4.78 is 7.61. The number of hydrogen-bond acceptors (Lipinski definition) is 7. The van der Waals surface area contributed by atoms with Gasteiger partial charge in [-0.2, -0.15) is 10.4 Å². The summed E-state index contributed by atoms with van der Waals surface area (Å²) in [5.41, 5.74) is 3.01. The molecule has 0 radical (unpaired) electrons. The maximum Gasteiger partial charge on any atom is 0.335 e. The number of likely N-dealkylation sites (tertiary alicyclic amines) is 1. The first kappa shape index (κ1) is 27.7. The van der Waals surface area contributed by atoms with Crippen molar-refractivity contribution in [2.45, 2.75) is 51.8 Å². The molecule has 0 saturated carbocycles. The van der Waals surface area contributed by atoms with Gasteiger partial charge in [-0.05, 0) is 43.7 Å². The molecular weight excluding hydrogens is 470 g/mol. The summed E-state index contributed by atoms with van der Waals surface area (Å²) in [7, 11) is 1.91. The number of likely N-dealkylation sites (N-methyl/N-ethyl adjacent to an activating group) is 1.